The number of aldehydes is 1. The van der Waals surface area contributed by atoms with Crippen LogP contribution in [-0.2, 0) is 16.7 Å². The van der Waals surface area contributed by atoms with E-state index in [9.17, 15) is 18.0 Å². The minimum Gasteiger partial charge on any atom is -0.299 e. The summed E-state index contributed by atoms with van der Waals surface area (Å²) in [6.45, 7) is 0.384. The quantitative estimate of drug-likeness (QED) is 0.496. The van der Waals surface area contributed by atoms with Gasteiger partial charge < -0.3 is 0 Å². The molecule has 0 fully saturated rings. The highest BCUT2D eigenvalue weighted by atomic mass is 32.2. The Kier molecular flexibility index (Phi) is 4.36. The fourth-order valence-electron chi connectivity index (χ4n) is 1.92. The molecule has 2 rings (SSSR count). The van der Waals surface area contributed by atoms with Gasteiger partial charge >= 0.3 is 4.87 Å². The predicted molar refractivity (Wildman–Crippen MR) is 77.1 cm³/mol. The molecule has 0 aliphatic carbocycles. The van der Waals surface area contributed by atoms with Crippen molar-refractivity contribution in [2.75, 3.05) is 5.75 Å². The standard InChI is InChI=1S/C12H13NO5S2/c14-8-9-3-4-10-11(7-9)19-12(15)13(10)5-1-2-6-20(16,17)18/h3-4,7-8H,1-2,5-6H2,(H,16,17,18). The average Bonchev–Trinajstić information content (AvgIpc) is 2.68. The van der Waals surface area contributed by atoms with E-state index in [1.54, 1.807) is 22.8 Å². The van der Waals surface area contributed by atoms with E-state index in [1.807, 2.05) is 0 Å². The van der Waals surface area contributed by atoms with Gasteiger partial charge in [-0.05, 0) is 31.0 Å². The number of hydrogen-bond acceptors (Lipinski definition) is 5. The van der Waals surface area contributed by atoms with Crippen molar-refractivity contribution in [3.05, 3.63) is 33.4 Å². The van der Waals surface area contributed by atoms with Gasteiger partial charge in [0, 0.05) is 12.1 Å². The van der Waals surface area contributed by atoms with Crippen molar-refractivity contribution in [2.45, 2.75) is 19.4 Å². The number of hydrogen-bond donors (Lipinski definition) is 1. The molecule has 0 bridgehead atoms. The van der Waals surface area contributed by atoms with Gasteiger partial charge in [-0.2, -0.15) is 8.42 Å². The zero-order valence-electron chi connectivity index (χ0n) is 10.5. The Balaban J connectivity index is 2.16. The number of aryl methyl sites for hydroxylation is 1. The van der Waals surface area contributed by atoms with E-state index in [2.05, 4.69) is 0 Å². The molecular weight excluding hydrogens is 302 g/mol. The van der Waals surface area contributed by atoms with Crippen molar-refractivity contribution in [3.63, 3.8) is 0 Å². The number of unbranched alkanes of at least 4 members (excludes halogenated alkanes) is 1. The molecule has 0 atom stereocenters. The first-order chi connectivity index (χ1) is 9.40. The molecule has 0 aliphatic rings. The fraction of sp³-hybridized carbons (Fsp3) is 0.333. The molecule has 2 aromatic rings. The maximum atomic E-state index is 11.9. The molecule has 1 heterocycles. The number of carbonyl (C=O) groups excluding carboxylic acids is 1. The van der Waals surface area contributed by atoms with Gasteiger partial charge in [0.05, 0.1) is 16.0 Å². The molecule has 20 heavy (non-hydrogen) atoms. The third kappa shape index (κ3) is 3.53. The maximum Gasteiger partial charge on any atom is 0.308 e. The van der Waals surface area contributed by atoms with Crippen LogP contribution in [-0.4, -0.2) is 29.6 Å². The normalized spacial score (nSPS) is 11.8. The van der Waals surface area contributed by atoms with Crippen LogP contribution in [0.1, 0.15) is 23.2 Å². The fourth-order valence-corrected chi connectivity index (χ4v) is 3.46. The topological polar surface area (TPSA) is 93.4 Å². The van der Waals surface area contributed by atoms with Crippen LogP contribution >= 0.6 is 11.3 Å². The highest BCUT2D eigenvalue weighted by molar-refractivity contribution is 7.85. The summed E-state index contributed by atoms with van der Waals surface area (Å²) in [6, 6.07) is 5.00. The van der Waals surface area contributed by atoms with Crippen LogP contribution in [0.4, 0.5) is 0 Å². The number of aromatic nitrogens is 1. The zero-order valence-corrected chi connectivity index (χ0v) is 12.1. The minimum atomic E-state index is -3.95. The SMILES string of the molecule is O=Cc1ccc2c(c1)sc(=O)n2CCCCS(=O)(=O)O. The van der Waals surface area contributed by atoms with Crippen molar-refractivity contribution in [2.24, 2.45) is 0 Å². The van der Waals surface area contributed by atoms with E-state index in [1.165, 1.54) is 0 Å². The first-order valence-corrected chi connectivity index (χ1v) is 8.37. The molecule has 8 heteroatoms. The molecule has 1 aromatic heterocycles. The lowest BCUT2D eigenvalue weighted by atomic mass is 10.2. The number of fused-ring (bicyclic) bond motifs is 1. The van der Waals surface area contributed by atoms with E-state index in [4.69, 9.17) is 4.55 Å². The Morgan fingerprint density at radius 2 is 2.05 bits per heavy atom. The molecule has 108 valence electrons. The minimum absolute atomic E-state index is 0.144. The lowest BCUT2D eigenvalue weighted by molar-refractivity contribution is 0.112. The van der Waals surface area contributed by atoms with Crippen molar-refractivity contribution < 1.29 is 17.8 Å². The highest BCUT2D eigenvalue weighted by Crippen LogP contribution is 2.19. The van der Waals surface area contributed by atoms with Crippen molar-refractivity contribution in [3.8, 4) is 0 Å². The van der Waals surface area contributed by atoms with Crippen LogP contribution < -0.4 is 4.87 Å². The molecule has 0 unspecified atom stereocenters. The summed E-state index contributed by atoms with van der Waals surface area (Å²) >= 11 is 1.05. The summed E-state index contributed by atoms with van der Waals surface area (Å²) in [5.74, 6) is -0.306. The van der Waals surface area contributed by atoms with Crippen LogP contribution in [0.2, 0.25) is 0 Å². The summed E-state index contributed by atoms with van der Waals surface area (Å²) in [6.07, 6.45) is 1.48. The zero-order chi connectivity index (χ0) is 14.8. The lowest BCUT2D eigenvalue weighted by Gasteiger charge is -2.03. The summed E-state index contributed by atoms with van der Waals surface area (Å²) < 4.78 is 32.1. The van der Waals surface area contributed by atoms with E-state index >= 15 is 0 Å². The largest absolute Gasteiger partial charge is 0.308 e. The van der Waals surface area contributed by atoms with Gasteiger partial charge in [0.15, 0.2) is 0 Å². The van der Waals surface area contributed by atoms with Gasteiger partial charge in [-0.1, -0.05) is 11.3 Å². The molecule has 0 saturated heterocycles. The molecule has 0 saturated carbocycles. The first kappa shape index (κ1) is 14.9. The maximum absolute atomic E-state index is 11.9. The third-order valence-corrected chi connectivity index (χ3v) is 4.61. The summed E-state index contributed by atoms with van der Waals surface area (Å²) in [4.78, 5) is 22.4. The van der Waals surface area contributed by atoms with Gasteiger partial charge in [-0.15, -0.1) is 0 Å². The van der Waals surface area contributed by atoms with Crippen molar-refractivity contribution >= 4 is 38.0 Å². The second kappa shape index (κ2) is 5.86. The Labute approximate surface area is 119 Å². The van der Waals surface area contributed by atoms with E-state index in [-0.39, 0.29) is 17.0 Å². The van der Waals surface area contributed by atoms with E-state index < -0.39 is 10.1 Å². The van der Waals surface area contributed by atoms with Crippen LogP contribution in [0, 0.1) is 0 Å². The van der Waals surface area contributed by atoms with E-state index in [0.717, 1.165) is 27.8 Å². The number of benzene rings is 1. The number of thiazole rings is 1. The van der Waals surface area contributed by atoms with Gasteiger partial charge in [0.1, 0.15) is 6.29 Å². The lowest BCUT2D eigenvalue weighted by Crippen LogP contribution is -2.14. The summed E-state index contributed by atoms with van der Waals surface area (Å²) in [7, 11) is -3.95. The second-order valence-electron chi connectivity index (χ2n) is 4.36. The Morgan fingerprint density at radius 1 is 1.30 bits per heavy atom. The molecule has 0 aliphatic heterocycles. The highest BCUT2D eigenvalue weighted by Gasteiger charge is 2.09. The first-order valence-electron chi connectivity index (χ1n) is 5.94. The number of nitrogens with zero attached hydrogens (tertiary/aromatic N) is 1. The van der Waals surface area contributed by atoms with Gasteiger partial charge in [-0.25, -0.2) is 0 Å². The molecule has 1 aromatic carbocycles. The van der Waals surface area contributed by atoms with Crippen molar-refractivity contribution in [1.29, 1.82) is 0 Å². The third-order valence-electron chi connectivity index (χ3n) is 2.86. The predicted octanol–water partition coefficient (Wildman–Crippen LogP) is 1.54. The van der Waals surface area contributed by atoms with Crippen LogP contribution in [0.5, 0.6) is 0 Å². The molecule has 0 radical (unpaired) electrons. The van der Waals surface area contributed by atoms with Gasteiger partial charge in [0.25, 0.3) is 10.1 Å². The van der Waals surface area contributed by atoms with Gasteiger partial charge in [0.2, 0.25) is 0 Å². The Bertz CT molecular complexity index is 788. The Morgan fingerprint density at radius 3 is 2.70 bits per heavy atom. The van der Waals surface area contributed by atoms with Crippen molar-refractivity contribution in [1.82, 2.24) is 4.57 Å². The Hall–Kier alpha value is -1.51. The molecule has 0 spiro atoms. The smallest absolute Gasteiger partial charge is 0.299 e. The summed E-state index contributed by atoms with van der Waals surface area (Å²) in [5, 5.41) is 0. The number of carbonyl (C=O) groups is 1. The monoisotopic (exact) mass is 315 g/mol. The van der Waals surface area contributed by atoms with Crippen LogP contribution in [0.3, 0.4) is 0 Å². The molecule has 1 N–H and O–H groups in total. The number of rotatable bonds is 6. The average molecular weight is 315 g/mol. The van der Waals surface area contributed by atoms with E-state index in [0.29, 0.717) is 18.5 Å². The molecule has 0 amide bonds. The summed E-state index contributed by atoms with van der Waals surface area (Å²) in [5.41, 5.74) is 1.25. The van der Waals surface area contributed by atoms with Crippen LogP contribution in [0.15, 0.2) is 23.0 Å². The molecular formula is C12H13NO5S2. The van der Waals surface area contributed by atoms with Crippen LogP contribution in [0.25, 0.3) is 10.2 Å². The van der Waals surface area contributed by atoms with Gasteiger partial charge in [-0.3, -0.25) is 18.7 Å². The second-order valence-corrected chi connectivity index (χ2v) is 6.92. The molecule has 6 nitrogen and oxygen atoms in total.